The number of para-hydroxylation sites is 1. The van der Waals surface area contributed by atoms with Crippen LogP contribution in [-0.2, 0) is 11.3 Å². The Hall–Kier alpha value is -3.46. The average Bonchev–Trinajstić information content (AvgIpc) is 3.15. The number of allylic oxidation sites excluding steroid dienone is 1. The largest absolute Gasteiger partial charge is 0.325 e. The van der Waals surface area contributed by atoms with Crippen LogP contribution in [0.15, 0.2) is 71.1 Å². The Kier molecular flexibility index (Phi) is 5.13. The normalized spacial score (nSPS) is 11.1. The molecule has 0 aliphatic rings. The Labute approximate surface area is 168 Å². The number of aromatic nitrogens is 4. The first-order valence-electron chi connectivity index (χ1n) is 8.74. The highest BCUT2D eigenvalue weighted by Crippen LogP contribution is 2.22. The maximum Gasteiger partial charge on any atom is 0.263 e. The quantitative estimate of drug-likeness (QED) is 0.391. The fraction of sp³-hybridized carbons (Fsp3) is 0.100. The summed E-state index contributed by atoms with van der Waals surface area (Å²) in [6.07, 6.45) is 1.62. The number of thioether (sulfide) groups is 1. The van der Waals surface area contributed by atoms with Crippen LogP contribution >= 0.6 is 11.8 Å². The van der Waals surface area contributed by atoms with E-state index in [-0.39, 0.29) is 23.0 Å². The Balaban J connectivity index is 1.66. The molecule has 0 spiro atoms. The van der Waals surface area contributed by atoms with Crippen molar-refractivity contribution >= 4 is 40.0 Å². The molecule has 2 aromatic carbocycles. The predicted octanol–water partition coefficient (Wildman–Crippen LogP) is 3.10. The van der Waals surface area contributed by atoms with E-state index in [0.29, 0.717) is 34.1 Å². The van der Waals surface area contributed by atoms with Crippen molar-refractivity contribution in [1.82, 2.24) is 19.2 Å². The molecule has 7 nitrogen and oxygen atoms in total. The Bertz CT molecular complexity index is 1280. The third-order valence-electron chi connectivity index (χ3n) is 4.25. The van der Waals surface area contributed by atoms with Crippen LogP contribution in [-0.4, -0.2) is 30.8 Å². The summed E-state index contributed by atoms with van der Waals surface area (Å²) in [5.41, 5.74) is 0.999. The highest BCUT2D eigenvalue weighted by molar-refractivity contribution is 7.99. The molecule has 1 amide bonds. The Morgan fingerprint density at radius 2 is 1.93 bits per heavy atom. The monoisotopic (exact) mass is 409 g/mol. The minimum absolute atomic E-state index is 0.0765. The van der Waals surface area contributed by atoms with Gasteiger partial charge in [0.1, 0.15) is 5.82 Å². The minimum atomic E-state index is -0.371. The lowest BCUT2D eigenvalue weighted by molar-refractivity contribution is -0.113. The molecule has 0 aliphatic heterocycles. The van der Waals surface area contributed by atoms with E-state index in [0.717, 1.165) is 0 Å². The number of hydrogen-bond acceptors (Lipinski definition) is 5. The number of anilines is 1. The van der Waals surface area contributed by atoms with Gasteiger partial charge in [-0.05, 0) is 36.4 Å². The molecule has 2 aromatic heterocycles. The standard InChI is InChI=1S/C20H16FN5O2S/c1-2-11-25-18(28)15-5-3-4-6-16(15)26-19(25)23-24-20(26)29-12-17(27)22-14-9-7-13(21)8-10-14/h2-10H,1,11-12H2,(H,22,27). The molecule has 4 aromatic rings. The average molecular weight is 409 g/mol. The van der Waals surface area contributed by atoms with Gasteiger partial charge in [-0.1, -0.05) is 30.0 Å². The van der Waals surface area contributed by atoms with E-state index in [1.807, 2.05) is 12.1 Å². The fourth-order valence-corrected chi connectivity index (χ4v) is 3.72. The number of hydrogen-bond donors (Lipinski definition) is 1. The topological polar surface area (TPSA) is 81.3 Å². The molecule has 9 heteroatoms. The summed E-state index contributed by atoms with van der Waals surface area (Å²) in [4.78, 5) is 25.0. The number of halogens is 1. The van der Waals surface area contributed by atoms with E-state index < -0.39 is 0 Å². The van der Waals surface area contributed by atoms with Gasteiger partial charge in [-0.15, -0.1) is 16.8 Å². The van der Waals surface area contributed by atoms with Crippen molar-refractivity contribution in [2.75, 3.05) is 11.1 Å². The lowest BCUT2D eigenvalue weighted by Crippen LogP contribution is -2.22. The summed E-state index contributed by atoms with van der Waals surface area (Å²) < 4.78 is 16.2. The molecule has 2 heterocycles. The number of carbonyl (C=O) groups is 1. The maximum absolute atomic E-state index is 13.0. The molecule has 0 saturated carbocycles. The van der Waals surface area contributed by atoms with Crippen LogP contribution < -0.4 is 10.9 Å². The molecular formula is C20H16FN5O2S. The molecule has 1 N–H and O–H groups in total. The summed E-state index contributed by atoms with van der Waals surface area (Å²) in [6, 6.07) is 12.7. The third-order valence-corrected chi connectivity index (χ3v) is 5.18. The second kappa shape index (κ2) is 7.88. The third kappa shape index (κ3) is 3.64. The van der Waals surface area contributed by atoms with Crippen molar-refractivity contribution in [2.45, 2.75) is 11.7 Å². The van der Waals surface area contributed by atoms with Crippen LogP contribution in [0.5, 0.6) is 0 Å². The van der Waals surface area contributed by atoms with Gasteiger partial charge in [0.05, 0.1) is 16.7 Å². The second-order valence-electron chi connectivity index (χ2n) is 6.18. The number of carbonyl (C=O) groups excluding carboxylic acids is 1. The van der Waals surface area contributed by atoms with Gasteiger partial charge in [-0.25, -0.2) is 4.39 Å². The van der Waals surface area contributed by atoms with E-state index in [1.54, 1.807) is 22.6 Å². The first-order valence-corrected chi connectivity index (χ1v) is 9.73. The number of nitrogens with zero attached hydrogens (tertiary/aromatic N) is 4. The lowest BCUT2D eigenvalue weighted by Gasteiger charge is -2.09. The van der Waals surface area contributed by atoms with Crippen molar-refractivity contribution in [3.8, 4) is 0 Å². The van der Waals surface area contributed by atoms with Crippen molar-refractivity contribution in [3.05, 3.63) is 77.4 Å². The molecule has 0 aliphatic carbocycles. The second-order valence-corrected chi connectivity index (χ2v) is 7.13. The van der Waals surface area contributed by atoms with E-state index in [2.05, 4.69) is 22.1 Å². The molecule has 0 fully saturated rings. The molecule has 0 bridgehead atoms. The highest BCUT2D eigenvalue weighted by Gasteiger charge is 2.17. The van der Waals surface area contributed by atoms with Gasteiger partial charge >= 0.3 is 0 Å². The van der Waals surface area contributed by atoms with Crippen LogP contribution in [0.1, 0.15) is 0 Å². The first kappa shape index (κ1) is 18.9. The number of nitrogens with one attached hydrogen (secondary N) is 1. The zero-order valence-electron chi connectivity index (χ0n) is 15.2. The van der Waals surface area contributed by atoms with Crippen LogP contribution in [0.3, 0.4) is 0 Å². The molecule has 0 radical (unpaired) electrons. The molecule has 146 valence electrons. The van der Waals surface area contributed by atoms with Gasteiger partial charge in [0.25, 0.3) is 5.56 Å². The zero-order chi connectivity index (χ0) is 20.4. The SMILES string of the molecule is C=CCn1c(=O)c2ccccc2n2c(SCC(=O)Nc3ccc(F)cc3)nnc12. The van der Waals surface area contributed by atoms with Gasteiger partial charge in [0.15, 0.2) is 5.16 Å². The van der Waals surface area contributed by atoms with Crippen LogP contribution in [0, 0.1) is 5.82 Å². The van der Waals surface area contributed by atoms with Crippen LogP contribution in [0.2, 0.25) is 0 Å². The van der Waals surface area contributed by atoms with E-state index in [9.17, 15) is 14.0 Å². The highest BCUT2D eigenvalue weighted by atomic mass is 32.2. The lowest BCUT2D eigenvalue weighted by atomic mass is 10.2. The Morgan fingerprint density at radius 3 is 2.69 bits per heavy atom. The molecule has 0 atom stereocenters. The van der Waals surface area contributed by atoms with Gasteiger partial charge in [0, 0.05) is 12.2 Å². The predicted molar refractivity (Wildman–Crippen MR) is 111 cm³/mol. The molecule has 4 rings (SSSR count). The minimum Gasteiger partial charge on any atom is -0.325 e. The maximum atomic E-state index is 13.0. The summed E-state index contributed by atoms with van der Waals surface area (Å²) in [7, 11) is 0. The van der Waals surface area contributed by atoms with Crippen LogP contribution in [0.25, 0.3) is 16.7 Å². The number of amides is 1. The summed E-state index contributed by atoms with van der Waals surface area (Å²) in [5, 5.41) is 12.0. The zero-order valence-corrected chi connectivity index (χ0v) is 16.0. The van der Waals surface area contributed by atoms with Crippen molar-refractivity contribution in [2.24, 2.45) is 0 Å². The molecule has 0 unspecified atom stereocenters. The van der Waals surface area contributed by atoms with E-state index in [4.69, 9.17) is 0 Å². The Morgan fingerprint density at radius 1 is 1.17 bits per heavy atom. The molecule has 0 saturated heterocycles. The summed E-state index contributed by atoms with van der Waals surface area (Å²) in [5.74, 6) is -0.172. The van der Waals surface area contributed by atoms with E-state index in [1.165, 1.54) is 40.6 Å². The van der Waals surface area contributed by atoms with Crippen molar-refractivity contribution in [3.63, 3.8) is 0 Å². The fourth-order valence-electron chi connectivity index (χ4n) is 2.98. The van der Waals surface area contributed by atoms with Crippen molar-refractivity contribution < 1.29 is 9.18 Å². The number of rotatable bonds is 6. The van der Waals surface area contributed by atoms with Gasteiger partial charge in [-0.2, -0.15) is 0 Å². The van der Waals surface area contributed by atoms with Crippen LogP contribution in [0.4, 0.5) is 10.1 Å². The van der Waals surface area contributed by atoms with Crippen molar-refractivity contribution in [1.29, 1.82) is 0 Å². The molecule has 29 heavy (non-hydrogen) atoms. The van der Waals surface area contributed by atoms with E-state index >= 15 is 0 Å². The van der Waals surface area contributed by atoms with Gasteiger partial charge in [0.2, 0.25) is 11.7 Å². The summed E-state index contributed by atoms with van der Waals surface area (Å²) >= 11 is 1.20. The summed E-state index contributed by atoms with van der Waals surface area (Å²) in [6.45, 7) is 3.99. The first-order chi connectivity index (χ1) is 14.1. The number of benzene rings is 2. The molecular weight excluding hydrogens is 393 g/mol. The van der Waals surface area contributed by atoms with Gasteiger partial charge < -0.3 is 5.32 Å². The smallest absolute Gasteiger partial charge is 0.263 e. The number of fused-ring (bicyclic) bond motifs is 3. The van der Waals surface area contributed by atoms with Gasteiger partial charge in [-0.3, -0.25) is 18.6 Å².